The maximum absolute atomic E-state index is 5.93. The molecule has 0 aliphatic heterocycles. The van der Waals surface area contributed by atoms with Crippen LogP contribution in [0.4, 0.5) is 5.82 Å². The highest BCUT2D eigenvalue weighted by molar-refractivity contribution is 5.39. The van der Waals surface area contributed by atoms with Crippen LogP contribution in [0.2, 0.25) is 0 Å². The number of nitrogens with zero attached hydrogens (tertiary/aromatic N) is 2. The first kappa shape index (κ1) is 14.0. The van der Waals surface area contributed by atoms with Crippen molar-refractivity contribution < 1.29 is 0 Å². The van der Waals surface area contributed by atoms with E-state index in [9.17, 15) is 0 Å². The molecule has 17 heavy (non-hydrogen) atoms. The Kier molecular flexibility index (Phi) is 5.42. The second-order valence-electron chi connectivity index (χ2n) is 4.77. The Morgan fingerprint density at radius 3 is 2.47 bits per heavy atom. The Hall–Kier alpha value is -1.09. The van der Waals surface area contributed by atoms with E-state index in [1.54, 1.807) is 0 Å². The first-order valence-electron chi connectivity index (χ1n) is 6.51. The van der Waals surface area contributed by atoms with Gasteiger partial charge in [0, 0.05) is 25.3 Å². The van der Waals surface area contributed by atoms with Gasteiger partial charge in [0.1, 0.15) is 5.82 Å². The lowest BCUT2D eigenvalue weighted by Gasteiger charge is -2.25. The van der Waals surface area contributed by atoms with Crippen LogP contribution in [-0.4, -0.2) is 24.1 Å². The van der Waals surface area contributed by atoms with Gasteiger partial charge in [0.15, 0.2) is 0 Å². The normalized spacial score (nSPS) is 14.4. The van der Waals surface area contributed by atoms with Crippen LogP contribution in [-0.2, 0) is 6.42 Å². The molecule has 2 unspecified atom stereocenters. The van der Waals surface area contributed by atoms with Gasteiger partial charge in [-0.1, -0.05) is 19.9 Å². The Morgan fingerprint density at radius 2 is 2.00 bits per heavy atom. The summed E-state index contributed by atoms with van der Waals surface area (Å²) in [7, 11) is 2.09. The highest BCUT2D eigenvalue weighted by Crippen LogP contribution is 2.14. The van der Waals surface area contributed by atoms with Crippen LogP contribution >= 0.6 is 0 Å². The molecule has 0 aromatic carbocycles. The van der Waals surface area contributed by atoms with Gasteiger partial charge in [-0.25, -0.2) is 4.98 Å². The van der Waals surface area contributed by atoms with Crippen molar-refractivity contribution in [2.45, 2.75) is 52.1 Å². The van der Waals surface area contributed by atoms with Crippen molar-refractivity contribution in [1.82, 2.24) is 4.98 Å². The second kappa shape index (κ2) is 6.60. The average molecular weight is 235 g/mol. The van der Waals surface area contributed by atoms with Gasteiger partial charge in [-0.2, -0.15) is 0 Å². The summed E-state index contributed by atoms with van der Waals surface area (Å²) in [6, 6.07) is 4.99. The fourth-order valence-electron chi connectivity index (χ4n) is 1.69. The summed E-state index contributed by atoms with van der Waals surface area (Å²) >= 11 is 0. The lowest BCUT2D eigenvalue weighted by molar-refractivity contribution is 0.641. The number of pyridine rings is 1. The van der Waals surface area contributed by atoms with Gasteiger partial charge in [-0.05, 0) is 37.8 Å². The Bertz CT molecular complexity index is 321. The molecule has 0 aliphatic carbocycles. The molecule has 0 saturated heterocycles. The molecular formula is C14H25N3. The molecule has 3 nitrogen and oxygen atoms in total. The zero-order chi connectivity index (χ0) is 12.8. The fraction of sp³-hybridized carbons (Fsp3) is 0.643. The highest BCUT2D eigenvalue weighted by atomic mass is 15.2. The standard InChI is InChI=1S/C14H25N3/c1-5-11(3)17(4)14-8-7-12(10-16-14)9-13(15)6-2/h7-8,10-11,13H,5-6,9,15H2,1-4H3. The molecule has 0 amide bonds. The smallest absolute Gasteiger partial charge is 0.128 e. The molecule has 0 spiro atoms. The van der Waals surface area contributed by atoms with E-state index in [1.807, 2.05) is 6.20 Å². The minimum atomic E-state index is 0.245. The molecule has 1 rings (SSSR count). The van der Waals surface area contributed by atoms with E-state index in [0.717, 1.165) is 25.1 Å². The molecule has 2 atom stereocenters. The summed E-state index contributed by atoms with van der Waals surface area (Å²) in [5.74, 6) is 1.04. The van der Waals surface area contributed by atoms with Crippen molar-refractivity contribution in [3.63, 3.8) is 0 Å². The van der Waals surface area contributed by atoms with Crippen LogP contribution in [0.5, 0.6) is 0 Å². The van der Waals surface area contributed by atoms with Crippen molar-refractivity contribution in [2.75, 3.05) is 11.9 Å². The molecule has 0 saturated carbocycles. The fourth-order valence-corrected chi connectivity index (χ4v) is 1.69. The number of nitrogens with two attached hydrogens (primary N) is 1. The SMILES string of the molecule is CCC(N)Cc1ccc(N(C)C(C)CC)nc1. The van der Waals surface area contributed by atoms with Crippen LogP contribution in [0.3, 0.4) is 0 Å². The van der Waals surface area contributed by atoms with Crippen LogP contribution in [0, 0.1) is 0 Å². The van der Waals surface area contributed by atoms with Gasteiger partial charge in [0.05, 0.1) is 0 Å². The summed E-state index contributed by atoms with van der Waals surface area (Å²) in [4.78, 5) is 6.72. The van der Waals surface area contributed by atoms with Gasteiger partial charge >= 0.3 is 0 Å². The zero-order valence-corrected chi connectivity index (χ0v) is 11.5. The molecule has 0 radical (unpaired) electrons. The summed E-state index contributed by atoms with van der Waals surface area (Å²) in [6.07, 6.45) is 5.00. The molecule has 1 aromatic heterocycles. The molecule has 1 heterocycles. The number of hydrogen-bond acceptors (Lipinski definition) is 3. The predicted molar refractivity (Wildman–Crippen MR) is 74.4 cm³/mol. The Balaban J connectivity index is 2.67. The van der Waals surface area contributed by atoms with Gasteiger partial charge in [0.2, 0.25) is 0 Å². The average Bonchev–Trinajstić information content (AvgIpc) is 2.37. The van der Waals surface area contributed by atoms with E-state index in [1.165, 1.54) is 5.56 Å². The molecule has 96 valence electrons. The zero-order valence-electron chi connectivity index (χ0n) is 11.5. The molecule has 0 bridgehead atoms. The quantitative estimate of drug-likeness (QED) is 0.824. The van der Waals surface area contributed by atoms with Crippen LogP contribution < -0.4 is 10.6 Å². The van der Waals surface area contributed by atoms with Crippen molar-refractivity contribution in [3.05, 3.63) is 23.9 Å². The topological polar surface area (TPSA) is 42.1 Å². The summed E-state index contributed by atoms with van der Waals surface area (Å²) in [5.41, 5.74) is 7.16. The highest BCUT2D eigenvalue weighted by Gasteiger charge is 2.09. The van der Waals surface area contributed by atoms with Crippen LogP contribution in [0.1, 0.15) is 39.2 Å². The van der Waals surface area contributed by atoms with E-state index < -0.39 is 0 Å². The van der Waals surface area contributed by atoms with Gasteiger partial charge in [0.25, 0.3) is 0 Å². The molecule has 0 fully saturated rings. The summed E-state index contributed by atoms with van der Waals surface area (Å²) in [5, 5.41) is 0. The van der Waals surface area contributed by atoms with Crippen molar-refractivity contribution in [2.24, 2.45) is 5.73 Å². The number of anilines is 1. The third-order valence-corrected chi connectivity index (χ3v) is 3.44. The van der Waals surface area contributed by atoms with Crippen molar-refractivity contribution in [3.8, 4) is 0 Å². The van der Waals surface area contributed by atoms with Crippen LogP contribution in [0.15, 0.2) is 18.3 Å². The maximum atomic E-state index is 5.93. The van der Waals surface area contributed by atoms with Gasteiger partial charge in [-0.3, -0.25) is 0 Å². The van der Waals surface area contributed by atoms with E-state index >= 15 is 0 Å². The van der Waals surface area contributed by atoms with E-state index in [0.29, 0.717) is 6.04 Å². The maximum Gasteiger partial charge on any atom is 0.128 e. The van der Waals surface area contributed by atoms with E-state index in [-0.39, 0.29) is 6.04 Å². The number of hydrogen-bond donors (Lipinski definition) is 1. The molecule has 1 aromatic rings. The van der Waals surface area contributed by atoms with E-state index in [4.69, 9.17) is 5.73 Å². The molecule has 2 N–H and O–H groups in total. The summed E-state index contributed by atoms with van der Waals surface area (Å²) in [6.45, 7) is 6.52. The lowest BCUT2D eigenvalue weighted by Crippen LogP contribution is -2.28. The third kappa shape index (κ3) is 4.00. The van der Waals surface area contributed by atoms with Gasteiger partial charge < -0.3 is 10.6 Å². The molecule has 0 aliphatic rings. The van der Waals surface area contributed by atoms with E-state index in [2.05, 4.69) is 49.8 Å². The third-order valence-electron chi connectivity index (χ3n) is 3.44. The predicted octanol–water partition coefficient (Wildman–Crippen LogP) is 2.60. The largest absolute Gasteiger partial charge is 0.357 e. The summed E-state index contributed by atoms with van der Waals surface area (Å²) < 4.78 is 0. The molecule has 3 heteroatoms. The number of rotatable bonds is 6. The van der Waals surface area contributed by atoms with Crippen LogP contribution in [0.25, 0.3) is 0 Å². The molecular weight excluding hydrogens is 210 g/mol. The lowest BCUT2D eigenvalue weighted by atomic mass is 10.1. The number of aromatic nitrogens is 1. The first-order chi connectivity index (χ1) is 8.08. The monoisotopic (exact) mass is 235 g/mol. The minimum Gasteiger partial charge on any atom is -0.357 e. The first-order valence-corrected chi connectivity index (χ1v) is 6.51. The Morgan fingerprint density at radius 1 is 1.29 bits per heavy atom. The van der Waals surface area contributed by atoms with Crippen molar-refractivity contribution >= 4 is 5.82 Å². The van der Waals surface area contributed by atoms with Crippen molar-refractivity contribution in [1.29, 1.82) is 0 Å². The van der Waals surface area contributed by atoms with Gasteiger partial charge in [-0.15, -0.1) is 0 Å². The second-order valence-corrected chi connectivity index (χ2v) is 4.77. The Labute approximate surface area is 105 Å². The minimum absolute atomic E-state index is 0.245.